The van der Waals surface area contributed by atoms with Crippen molar-refractivity contribution < 1.29 is 43.1 Å². The zero-order chi connectivity index (χ0) is 21.6. The van der Waals surface area contributed by atoms with Crippen LogP contribution in [0.4, 0.5) is 4.79 Å². The van der Waals surface area contributed by atoms with Gasteiger partial charge >= 0.3 is 13.2 Å². The molecule has 10 nitrogen and oxygen atoms in total. The number of carbonyl (C=O) groups excluding carboxylic acids is 3. The van der Waals surface area contributed by atoms with Crippen LogP contribution in [0.5, 0.6) is 0 Å². The fraction of sp³-hybridized carbons (Fsp3) is 0.526. The molecule has 4 atom stereocenters. The number of amides is 3. The maximum atomic E-state index is 13.0. The highest BCUT2D eigenvalue weighted by Gasteiger charge is 2.59. The molecule has 0 aromatic carbocycles. The Balaban J connectivity index is 1.73. The molecule has 0 bridgehead atoms. The molecule has 3 amide bonds. The molecule has 2 N–H and O–H groups in total. The minimum absolute atomic E-state index is 0.162. The molecular weight excluding hydrogens is 397 g/mol. The van der Waals surface area contributed by atoms with E-state index in [1.807, 2.05) is 0 Å². The summed E-state index contributed by atoms with van der Waals surface area (Å²) in [4.78, 5) is 38.5. The Bertz CT molecular complexity index is 910. The van der Waals surface area contributed by atoms with Crippen LogP contribution in [0.15, 0.2) is 27.6 Å². The standard InChI is InChI=1S/C19H22BNO9/c1-27-8-9-5-12-15(18(24)21(17(12)23)19(25)28-2)11-6-14(30-20(26)16(9)11)13-4-3-10(7-22)29-13/h3-4,11-12,14-15,22,26H,5-8H2,1-2H3/t11-,12-,14-,15+/m0/s1. The number of nitrogens with zero attached hydrogens (tertiary/aromatic N) is 1. The van der Waals surface area contributed by atoms with Gasteiger partial charge in [0.1, 0.15) is 24.2 Å². The lowest BCUT2D eigenvalue weighted by molar-refractivity contribution is -0.137. The van der Waals surface area contributed by atoms with Crippen molar-refractivity contribution in [2.45, 2.75) is 25.6 Å². The van der Waals surface area contributed by atoms with Gasteiger partial charge in [-0.05, 0) is 41.9 Å². The second-order valence-corrected chi connectivity index (χ2v) is 7.59. The van der Waals surface area contributed by atoms with Gasteiger partial charge in [0.15, 0.2) is 0 Å². The van der Waals surface area contributed by atoms with Crippen LogP contribution in [0.25, 0.3) is 0 Å². The molecule has 2 saturated heterocycles. The van der Waals surface area contributed by atoms with Crippen molar-refractivity contribution in [1.29, 1.82) is 0 Å². The zero-order valence-corrected chi connectivity index (χ0v) is 16.6. The molecule has 3 aliphatic rings. The van der Waals surface area contributed by atoms with Crippen LogP contribution in [0.3, 0.4) is 0 Å². The number of likely N-dealkylation sites (tertiary alicyclic amines) is 1. The van der Waals surface area contributed by atoms with Gasteiger partial charge in [-0.1, -0.05) is 0 Å². The topological polar surface area (TPSA) is 136 Å². The molecular formula is C19H22BNO9. The van der Waals surface area contributed by atoms with Gasteiger partial charge in [-0.25, -0.2) is 4.79 Å². The van der Waals surface area contributed by atoms with Crippen molar-refractivity contribution in [2.75, 3.05) is 20.8 Å². The number of aliphatic hydroxyl groups excluding tert-OH is 1. The number of ether oxygens (including phenoxy) is 2. The molecule has 3 heterocycles. The lowest BCUT2D eigenvalue weighted by Crippen LogP contribution is -2.45. The number of methoxy groups -OCH3 is 2. The summed E-state index contributed by atoms with van der Waals surface area (Å²) in [7, 11) is 1.28. The summed E-state index contributed by atoms with van der Waals surface area (Å²) < 4.78 is 21.1. The number of hydrogen-bond acceptors (Lipinski definition) is 9. The monoisotopic (exact) mass is 419 g/mol. The minimum Gasteiger partial charge on any atom is -0.461 e. The van der Waals surface area contributed by atoms with Crippen LogP contribution in [0.1, 0.15) is 30.5 Å². The van der Waals surface area contributed by atoms with Gasteiger partial charge in [0.2, 0.25) is 11.8 Å². The first-order valence-corrected chi connectivity index (χ1v) is 9.60. The summed E-state index contributed by atoms with van der Waals surface area (Å²) in [6.07, 6.45) is -1.26. The fourth-order valence-corrected chi connectivity index (χ4v) is 4.82. The van der Waals surface area contributed by atoms with E-state index in [0.29, 0.717) is 27.5 Å². The third-order valence-electron chi connectivity index (χ3n) is 6.04. The van der Waals surface area contributed by atoms with E-state index < -0.39 is 48.9 Å². The van der Waals surface area contributed by atoms with Gasteiger partial charge in [-0.2, -0.15) is 4.90 Å². The number of furan rings is 1. The number of aliphatic hydroxyl groups is 1. The van der Waals surface area contributed by atoms with Gasteiger partial charge in [0.25, 0.3) is 0 Å². The van der Waals surface area contributed by atoms with Crippen molar-refractivity contribution >= 4 is 25.0 Å². The van der Waals surface area contributed by atoms with E-state index in [9.17, 15) is 24.5 Å². The van der Waals surface area contributed by atoms with E-state index >= 15 is 0 Å². The third kappa shape index (κ3) is 3.18. The lowest BCUT2D eigenvalue weighted by atomic mass is 9.55. The van der Waals surface area contributed by atoms with E-state index in [-0.39, 0.29) is 26.1 Å². The van der Waals surface area contributed by atoms with E-state index in [4.69, 9.17) is 13.8 Å². The lowest BCUT2D eigenvalue weighted by Gasteiger charge is -2.41. The smallest absolute Gasteiger partial charge is 0.461 e. The van der Waals surface area contributed by atoms with E-state index in [2.05, 4.69) is 4.74 Å². The van der Waals surface area contributed by atoms with Crippen molar-refractivity contribution in [3.63, 3.8) is 0 Å². The highest BCUT2D eigenvalue weighted by molar-refractivity contribution is 6.53. The van der Waals surface area contributed by atoms with Gasteiger partial charge in [-0.3, -0.25) is 9.59 Å². The molecule has 1 aliphatic carbocycles. The van der Waals surface area contributed by atoms with Gasteiger partial charge < -0.3 is 28.7 Å². The highest BCUT2D eigenvalue weighted by Crippen LogP contribution is 2.51. The SMILES string of the molecule is COCC1=C2B(O)O[C@H](c3ccc(CO)o3)C[C@H]2[C@H]2C(=O)N(C(=O)OC)C(=O)[C@H]2C1. The van der Waals surface area contributed by atoms with Crippen LogP contribution in [-0.4, -0.2) is 60.9 Å². The van der Waals surface area contributed by atoms with Crippen LogP contribution in [0, 0.1) is 17.8 Å². The van der Waals surface area contributed by atoms with Gasteiger partial charge in [0.05, 0.1) is 25.6 Å². The summed E-state index contributed by atoms with van der Waals surface area (Å²) in [5.41, 5.74) is 1.19. The average molecular weight is 419 g/mol. The predicted molar refractivity (Wildman–Crippen MR) is 99.3 cm³/mol. The molecule has 30 heavy (non-hydrogen) atoms. The molecule has 0 radical (unpaired) electrons. The second kappa shape index (κ2) is 7.99. The van der Waals surface area contributed by atoms with Crippen molar-refractivity contribution in [3.8, 4) is 0 Å². The summed E-state index contributed by atoms with van der Waals surface area (Å²) in [6, 6.07) is 3.23. The molecule has 2 fully saturated rings. The Morgan fingerprint density at radius 1 is 1.27 bits per heavy atom. The number of allylic oxidation sites excluding steroid dienone is 1. The summed E-state index contributed by atoms with van der Waals surface area (Å²) in [5, 5.41) is 20.0. The van der Waals surface area contributed by atoms with Gasteiger partial charge in [0, 0.05) is 7.11 Å². The Kier molecular flexibility index (Phi) is 5.54. The first-order valence-electron chi connectivity index (χ1n) is 9.60. The van der Waals surface area contributed by atoms with E-state index in [1.54, 1.807) is 12.1 Å². The molecule has 0 saturated carbocycles. The van der Waals surface area contributed by atoms with Crippen LogP contribution in [-0.2, 0) is 30.3 Å². The number of imide groups is 3. The molecule has 1 aromatic rings. The fourth-order valence-electron chi connectivity index (χ4n) is 4.82. The van der Waals surface area contributed by atoms with Crippen LogP contribution < -0.4 is 0 Å². The largest absolute Gasteiger partial charge is 0.487 e. The maximum absolute atomic E-state index is 13.0. The van der Waals surface area contributed by atoms with E-state index in [1.165, 1.54) is 7.11 Å². The van der Waals surface area contributed by atoms with Crippen molar-refractivity contribution in [1.82, 2.24) is 4.90 Å². The molecule has 4 rings (SSSR count). The molecule has 1 aromatic heterocycles. The first kappa shape index (κ1) is 20.8. The molecule has 0 unspecified atom stereocenters. The number of fused-ring (bicyclic) bond motifs is 3. The Morgan fingerprint density at radius 2 is 2.03 bits per heavy atom. The predicted octanol–water partition coefficient (Wildman–Crippen LogP) is 0.583. The van der Waals surface area contributed by atoms with Gasteiger partial charge in [-0.15, -0.1) is 0 Å². The molecule has 160 valence electrons. The van der Waals surface area contributed by atoms with Crippen LogP contribution >= 0.6 is 0 Å². The number of rotatable bonds is 4. The Labute approximate surface area is 172 Å². The molecule has 2 aliphatic heterocycles. The Morgan fingerprint density at radius 3 is 2.67 bits per heavy atom. The number of carbonyl (C=O) groups is 3. The zero-order valence-electron chi connectivity index (χ0n) is 16.6. The quantitative estimate of drug-likeness (QED) is 0.531. The van der Waals surface area contributed by atoms with Crippen LogP contribution in [0.2, 0.25) is 0 Å². The second-order valence-electron chi connectivity index (χ2n) is 7.59. The average Bonchev–Trinajstić information content (AvgIpc) is 3.31. The minimum atomic E-state index is -1.32. The summed E-state index contributed by atoms with van der Waals surface area (Å²) in [5.74, 6) is -2.62. The highest BCUT2D eigenvalue weighted by atomic mass is 16.5. The normalized spacial score (nSPS) is 28.7. The van der Waals surface area contributed by atoms with Crippen molar-refractivity contribution in [2.24, 2.45) is 17.8 Å². The molecule has 0 spiro atoms. The first-order chi connectivity index (χ1) is 14.4. The molecule has 11 heteroatoms. The summed E-state index contributed by atoms with van der Waals surface area (Å²) >= 11 is 0. The van der Waals surface area contributed by atoms with Crippen molar-refractivity contribution in [3.05, 3.63) is 34.7 Å². The number of hydrogen-bond donors (Lipinski definition) is 2. The van der Waals surface area contributed by atoms with E-state index in [0.717, 1.165) is 7.11 Å². The Hall–Kier alpha value is -2.47. The maximum Gasteiger partial charge on any atom is 0.487 e. The summed E-state index contributed by atoms with van der Waals surface area (Å²) in [6.45, 7) is -0.122. The third-order valence-corrected chi connectivity index (χ3v) is 6.04.